The summed E-state index contributed by atoms with van der Waals surface area (Å²) >= 11 is 6.05. The first-order valence-electron chi connectivity index (χ1n) is 7.86. The van der Waals surface area contributed by atoms with E-state index in [2.05, 4.69) is 19.2 Å². The van der Waals surface area contributed by atoms with Crippen LogP contribution in [0.15, 0.2) is 24.3 Å². The Hall–Kier alpha value is -0.610. The Morgan fingerprint density at radius 3 is 2.76 bits per heavy atom. The average Bonchev–Trinajstić information content (AvgIpc) is 2.47. The van der Waals surface area contributed by atoms with Crippen molar-refractivity contribution in [2.75, 3.05) is 13.2 Å². The lowest BCUT2D eigenvalue weighted by Gasteiger charge is -2.17. The molecule has 0 fully saturated rings. The fourth-order valence-corrected chi connectivity index (χ4v) is 2.31. The highest BCUT2D eigenvalue weighted by molar-refractivity contribution is 6.31. The Morgan fingerprint density at radius 1 is 1.29 bits per heavy atom. The van der Waals surface area contributed by atoms with Gasteiger partial charge in [-0.3, -0.25) is 0 Å². The predicted octanol–water partition coefficient (Wildman–Crippen LogP) is 3.78. The number of ether oxygens (including phenoxy) is 1. The molecule has 0 saturated heterocycles. The number of rotatable bonds is 11. The topological polar surface area (TPSA) is 41.5 Å². The SMILES string of the molecule is CCCCC[C@@H](C)NC[C@H](O)COCc1ccccc1Cl. The van der Waals surface area contributed by atoms with E-state index >= 15 is 0 Å². The second-order valence-corrected chi connectivity index (χ2v) is 5.97. The van der Waals surface area contributed by atoms with Gasteiger partial charge in [0.2, 0.25) is 0 Å². The minimum Gasteiger partial charge on any atom is -0.389 e. The number of unbranched alkanes of at least 4 members (excludes halogenated alkanes) is 2. The maximum absolute atomic E-state index is 9.90. The number of aliphatic hydroxyl groups is 1. The zero-order valence-corrected chi connectivity index (χ0v) is 13.9. The molecule has 0 unspecified atom stereocenters. The Morgan fingerprint density at radius 2 is 2.05 bits per heavy atom. The molecule has 0 bridgehead atoms. The van der Waals surface area contributed by atoms with Crippen LogP contribution in [0.2, 0.25) is 5.02 Å². The predicted molar refractivity (Wildman–Crippen MR) is 88.7 cm³/mol. The lowest BCUT2D eigenvalue weighted by molar-refractivity contribution is 0.0277. The highest BCUT2D eigenvalue weighted by Crippen LogP contribution is 2.15. The first-order chi connectivity index (χ1) is 10.1. The summed E-state index contributed by atoms with van der Waals surface area (Å²) in [5, 5.41) is 13.9. The van der Waals surface area contributed by atoms with Gasteiger partial charge in [-0.15, -0.1) is 0 Å². The lowest BCUT2D eigenvalue weighted by atomic mass is 10.1. The van der Waals surface area contributed by atoms with Crippen molar-refractivity contribution in [3.05, 3.63) is 34.9 Å². The van der Waals surface area contributed by atoms with E-state index in [1.165, 1.54) is 19.3 Å². The van der Waals surface area contributed by atoms with Crippen LogP contribution in [0, 0.1) is 0 Å². The molecule has 0 radical (unpaired) electrons. The average molecular weight is 314 g/mol. The van der Waals surface area contributed by atoms with E-state index in [9.17, 15) is 5.11 Å². The number of hydrogen-bond acceptors (Lipinski definition) is 3. The summed E-state index contributed by atoms with van der Waals surface area (Å²) in [4.78, 5) is 0. The summed E-state index contributed by atoms with van der Waals surface area (Å²) in [6.45, 7) is 5.68. The molecule has 2 N–H and O–H groups in total. The van der Waals surface area contributed by atoms with Crippen LogP contribution in [0.4, 0.5) is 0 Å². The van der Waals surface area contributed by atoms with Crippen molar-refractivity contribution in [3.8, 4) is 0 Å². The molecule has 21 heavy (non-hydrogen) atoms. The second kappa shape index (κ2) is 11.0. The maximum Gasteiger partial charge on any atom is 0.0897 e. The van der Waals surface area contributed by atoms with Crippen molar-refractivity contribution in [1.82, 2.24) is 5.32 Å². The third kappa shape index (κ3) is 8.42. The molecule has 120 valence electrons. The minimum atomic E-state index is -0.485. The monoisotopic (exact) mass is 313 g/mol. The highest BCUT2D eigenvalue weighted by Gasteiger charge is 2.08. The molecule has 3 nitrogen and oxygen atoms in total. The molecule has 0 aromatic heterocycles. The zero-order valence-electron chi connectivity index (χ0n) is 13.1. The van der Waals surface area contributed by atoms with Crippen molar-refractivity contribution in [2.45, 2.75) is 58.3 Å². The van der Waals surface area contributed by atoms with Crippen LogP contribution in [0.5, 0.6) is 0 Å². The van der Waals surface area contributed by atoms with E-state index in [0.717, 1.165) is 12.0 Å². The fraction of sp³-hybridized carbons (Fsp3) is 0.647. The van der Waals surface area contributed by atoms with E-state index in [1.807, 2.05) is 24.3 Å². The number of benzene rings is 1. The van der Waals surface area contributed by atoms with Crippen LogP contribution < -0.4 is 5.32 Å². The van der Waals surface area contributed by atoms with Crippen molar-refractivity contribution in [2.24, 2.45) is 0 Å². The second-order valence-electron chi connectivity index (χ2n) is 5.57. The number of halogens is 1. The van der Waals surface area contributed by atoms with Crippen LogP contribution in [0.1, 0.15) is 45.1 Å². The molecule has 0 aliphatic heterocycles. The van der Waals surface area contributed by atoms with Gasteiger partial charge < -0.3 is 15.2 Å². The van der Waals surface area contributed by atoms with E-state index in [0.29, 0.717) is 30.8 Å². The molecule has 2 atom stereocenters. The molecule has 0 amide bonds. The Balaban J connectivity index is 2.11. The van der Waals surface area contributed by atoms with Crippen molar-refractivity contribution in [3.63, 3.8) is 0 Å². The first-order valence-corrected chi connectivity index (χ1v) is 8.23. The van der Waals surface area contributed by atoms with E-state index < -0.39 is 6.10 Å². The largest absolute Gasteiger partial charge is 0.389 e. The minimum absolute atomic E-state index is 0.319. The van der Waals surface area contributed by atoms with Gasteiger partial charge >= 0.3 is 0 Å². The summed E-state index contributed by atoms with van der Waals surface area (Å²) in [7, 11) is 0. The third-order valence-electron chi connectivity index (χ3n) is 3.47. The Bertz CT molecular complexity index is 387. The van der Waals surface area contributed by atoms with Gasteiger partial charge in [-0.05, 0) is 25.0 Å². The summed E-state index contributed by atoms with van der Waals surface area (Å²) in [6, 6.07) is 8.04. The Labute approximate surface area is 133 Å². The van der Waals surface area contributed by atoms with Crippen molar-refractivity contribution in [1.29, 1.82) is 0 Å². The van der Waals surface area contributed by atoms with Crippen LogP contribution in [0.25, 0.3) is 0 Å². The maximum atomic E-state index is 9.90. The number of nitrogens with one attached hydrogen (secondary N) is 1. The highest BCUT2D eigenvalue weighted by atomic mass is 35.5. The Kier molecular flexibility index (Phi) is 9.68. The fourth-order valence-electron chi connectivity index (χ4n) is 2.12. The molecular formula is C17H28ClNO2. The van der Waals surface area contributed by atoms with Gasteiger partial charge in [-0.25, -0.2) is 0 Å². The van der Waals surface area contributed by atoms with Gasteiger partial charge in [0.1, 0.15) is 0 Å². The van der Waals surface area contributed by atoms with Gasteiger partial charge in [-0.1, -0.05) is 56.0 Å². The smallest absolute Gasteiger partial charge is 0.0897 e. The number of aliphatic hydroxyl groups excluding tert-OH is 1. The van der Waals surface area contributed by atoms with Gasteiger partial charge in [0, 0.05) is 17.6 Å². The standard InChI is InChI=1S/C17H28ClNO2/c1-3-4-5-8-14(2)19-11-16(20)13-21-12-15-9-6-7-10-17(15)18/h6-7,9-10,14,16,19-20H,3-5,8,11-13H2,1-2H3/t14-,16+/m1/s1. The van der Waals surface area contributed by atoms with Crippen molar-refractivity contribution < 1.29 is 9.84 Å². The van der Waals surface area contributed by atoms with Gasteiger partial charge in [0.15, 0.2) is 0 Å². The van der Waals surface area contributed by atoms with E-state index in [1.54, 1.807) is 0 Å². The van der Waals surface area contributed by atoms with E-state index in [4.69, 9.17) is 16.3 Å². The molecule has 1 aromatic rings. The summed E-state index contributed by atoms with van der Waals surface area (Å²) < 4.78 is 5.52. The van der Waals surface area contributed by atoms with Crippen LogP contribution in [-0.4, -0.2) is 30.4 Å². The number of hydrogen-bond donors (Lipinski definition) is 2. The normalized spacial score (nSPS) is 14.1. The molecule has 0 heterocycles. The molecule has 0 aliphatic rings. The van der Waals surface area contributed by atoms with E-state index in [-0.39, 0.29) is 0 Å². The van der Waals surface area contributed by atoms with Crippen LogP contribution >= 0.6 is 11.6 Å². The molecular weight excluding hydrogens is 286 g/mol. The quantitative estimate of drug-likeness (QED) is 0.611. The van der Waals surface area contributed by atoms with Gasteiger partial charge in [-0.2, -0.15) is 0 Å². The lowest BCUT2D eigenvalue weighted by Crippen LogP contribution is -2.35. The first kappa shape index (κ1) is 18.4. The summed E-state index contributed by atoms with van der Waals surface area (Å²) in [5.41, 5.74) is 0.951. The molecule has 0 spiro atoms. The van der Waals surface area contributed by atoms with Gasteiger partial charge in [0.25, 0.3) is 0 Å². The van der Waals surface area contributed by atoms with Crippen LogP contribution in [-0.2, 0) is 11.3 Å². The molecule has 1 aromatic carbocycles. The molecule has 1 rings (SSSR count). The zero-order chi connectivity index (χ0) is 15.5. The van der Waals surface area contributed by atoms with Gasteiger partial charge in [0.05, 0.1) is 19.3 Å². The third-order valence-corrected chi connectivity index (χ3v) is 3.84. The molecule has 4 heteroatoms. The van der Waals surface area contributed by atoms with Crippen LogP contribution in [0.3, 0.4) is 0 Å². The molecule has 0 saturated carbocycles. The van der Waals surface area contributed by atoms with Crippen molar-refractivity contribution >= 4 is 11.6 Å². The molecule has 0 aliphatic carbocycles. The summed E-state index contributed by atoms with van der Waals surface area (Å²) in [6.07, 6.45) is 4.42. The summed E-state index contributed by atoms with van der Waals surface area (Å²) in [5.74, 6) is 0.